The molecule has 0 saturated heterocycles. The molecule has 5 heterocycles. The van der Waals surface area contributed by atoms with Gasteiger partial charge in [0.25, 0.3) is 0 Å². The Kier molecular flexibility index (Phi) is 4.43. The van der Waals surface area contributed by atoms with Crippen LogP contribution in [0.4, 0.5) is 0 Å². The fourth-order valence-corrected chi connectivity index (χ4v) is 5.99. The van der Waals surface area contributed by atoms with Gasteiger partial charge in [0.1, 0.15) is 23.5 Å². The average Bonchev–Trinajstić information content (AvgIpc) is 3.57. The maximum atomic E-state index is 4.91. The van der Waals surface area contributed by atoms with Gasteiger partial charge in [-0.2, -0.15) is 10.2 Å². The molecule has 32 heavy (non-hydrogen) atoms. The van der Waals surface area contributed by atoms with Crippen molar-refractivity contribution in [2.75, 3.05) is 0 Å². The number of fused-ring (bicyclic) bond motifs is 5. The van der Waals surface area contributed by atoms with Crippen LogP contribution in [0.25, 0.3) is 27.4 Å². The lowest BCUT2D eigenvalue weighted by Crippen LogP contribution is -2.28. The molecule has 164 valence electrons. The van der Waals surface area contributed by atoms with Gasteiger partial charge in [0, 0.05) is 23.5 Å². The van der Waals surface area contributed by atoms with Crippen molar-refractivity contribution in [2.24, 2.45) is 11.3 Å². The van der Waals surface area contributed by atoms with Gasteiger partial charge in [-0.1, -0.05) is 27.2 Å². The van der Waals surface area contributed by atoms with E-state index in [1.54, 1.807) is 17.0 Å². The van der Waals surface area contributed by atoms with Gasteiger partial charge in [-0.3, -0.25) is 9.36 Å². The van der Waals surface area contributed by atoms with Crippen LogP contribution in [-0.2, 0) is 19.5 Å². The summed E-state index contributed by atoms with van der Waals surface area (Å²) in [5, 5.41) is 14.8. The Balaban J connectivity index is 1.37. The van der Waals surface area contributed by atoms with E-state index >= 15 is 0 Å². The first kappa shape index (κ1) is 19.6. The Morgan fingerprint density at radius 3 is 2.91 bits per heavy atom. The van der Waals surface area contributed by atoms with Crippen LogP contribution in [0.3, 0.4) is 0 Å². The minimum Gasteiger partial charge on any atom is -0.251 e. The third kappa shape index (κ3) is 3.14. The number of thiophene rings is 1. The van der Waals surface area contributed by atoms with Gasteiger partial charge in [-0.05, 0) is 48.3 Å². The Morgan fingerprint density at radius 2 is 2.09 bits per heavy atom. The zero-order chi connectivity index (χ0) is 21.9. The summed E-state index contributed by atoms with van der Waals surface area (Å²) < 4.78 is 5.47. The molecular formula is C23H26N8S. The number of aryl methyl sites for hydroxylation is 1. The van der Waals surface area contributed by atoms with Crippen LogP contribution in [-0.4, -0.2) is 39.1 Å². The highest BCUT2D eigenvalue weighted by Gasteiger charge is 2.33. The molecule has 0 bridgehead atoms. The molecule has 1 atom stereocenters. The molecule has 0 fully saturated rings. The molecular weight excluding hydrogens is 420 g/mol. The normalized spacial score (nSPS) is 16.8. The summed E-state index contributed by atoms with van der Waals surface area (Å²) in [6, 6.07) is 3.85. The lowest BCUT2D eigenvalue weighted by atomic mass is 9.70. The third-order valence-electron chi connectivity index (χ3n) is 7.12. The second-order valence-corrected chi connectivity index (χ2v) is 10.4. The van der Waals surface area contributed by atoms with Crippen molar-refractivity contribution >= 4 is 27.2 Å². The molecule has 0 radical (unpaired) electrons. The van der Waals surface area contributed by atoms with E-state index in [4.69, 9.17) is 9.97 Å². The predicted molar refractivity (Wildman–Crippen MR) is 125 cm³/mol. The van der Waals surface area contributed by atoms with Crippen molar-refractivity contribution in [3.63, 3.8) is 0 Å². The van der Waals surface area contributed by atoms with Gasteiger partial charge >= 0.3 is 0 Å². The van der Waals surface area contributed by atoms with Gasteiger partial charge in [0.2, 0.25) is 5.82 Å². The number of aromatic nitrogens is 8. The van der Waals surface area contributed by atoms with E-state index in [0.29, 0.717) is 17.9 Å². The SMILES string of the molecule is CCC(C)(C)C1CCc2c(sc3ncn4nc(-c5ccn(Cn6cccn6)n5)nc4c23)C1. The van der Waals surface area contributed by atoms with Gasteiger partial charge in [-0.15, -0.1) is 16.4 Å². The molecule has 0 aromatic carbocycles. The Hall–Kier alpha value is -3.07. The first-order chi connectivity index (χ1) is 15.5. The maximum absolute atomic E-state index is 4.91. The molecule has 0 N–H and O–H groups in total. The smallest absolute Gasteiger partial charge is 0.202 e. The Labute approximate surface area is 189 Å². The summed E-state index contributed by atoms with van der Waals surface area (Å²) in [5.74, 6) is 1.34. The van der Waals surface area contributed by atoms with Gasteiger partial charge in [0.15, 0.2) is 5.65 Å². The molecule has 1 aliphatic carbocycles. The second-order valence-electron chi connectivity index (χ2n) is 9.34. The van der Waals surface area contributed by atoms with Crippen LogP contribution in [0, 0.1) is 11.3 Å². The van der Waals surface area contributed by atoms with Crippen molar-refractivity contribution in [2.45, 2.75) is 53.1 Å². The summed E-state index contributed by atoms with van der Waals surface area (Å²) in [5.41, 5.74) is 3.43. The highest BCUT2D eigenvalue weighted by Crippen LogP contribution is 2.45. The molecule has 6 rings (SSSR count). The minimum atomic E-state index is 0.369. The molecule has 0 amide bonds. The van der Waals surface area contributed by atoms with Crippen LogP contribution in [0.1, 0.15) is 44.1 Å². The molecule has 8 nitrogen and oxygen atoms in total. The van der Waals surface area contributed by atoms with Crippen LogP contribution in [0.5, 0.6) is 0 Å². The Morgan fingerprint density at radius 1 is 1.19 bits per heavy atom. The first-order valence-electron chi connectivity index (χ1n) is 11.2. The number of hydrogen-bond donors (Lipinski definition) is 0. The Bertz CT molecular complexity index is 1400. The predicted octanol–water partition coefficient (Wildman–Crippen LogP) is 4.45. The second kappa shape index (κ2) is 7.23. The number of nitrogens with zero attached hydrogens (tertiary/aromatic N) is 8. The lowest BCUT2D eigenvalue weighted by Gasteiger charge is -2.36. The molecule has 5 aromatic heterocycles. The van der Waals surface area contributed by atoms with E-state index in [-0.39, 0.29) is 0 Å². The molecule has 0 aliphatic heterocycles. The molecule has 9 heteroatoms. The van der Waals surface area contributed by atoms with Crippen molar-refractivity contribution < 1.29 is 0 Å². The van der Waals surface area contributed by atoms with E-state index < -0.39 is 0 Å². The van der Waals surface area contributed by atoms with E-state index in [2.05, 4.69) is 36.1 Å². The van der Waals surface area contributed by atoms with E-state index in [9.17, 15) is 0 Å². The summed E-state index contributed by atoms with van der Waals surface area (Å²) in [7, 11) is 0. The summed E-state index contributed by atoms with van der Waals surface area (Å²) >= 11 is 1.83. The van der Waals surface area contributed by atoms with E-state index in [1.807, 2.05) is 45.2 Å². The number of hydrogen-bond acceptors (Lipinski definition) is 6. The van der Waals surface area contributed by atoms with Crippen LogP contribution >= 0.6 is 11.3 Å². The van der Waals surface area contributed by atoms with E-state index in [1.165, 1.54) is 28.7 Å². The third-order valence-corrected chi connectivity index (χ3v) is 8.28. The molecule has 0 spiro atoms. The van der Waals surface area contributed by atoms with Gasteiger partial charge < -0.3 is 0 Å². The van der Waals surface area contributed by atoms with Crippen molar-refractivity contribution in [1.29, 1.82) is 0 Å². The summed E-state index contributed by atoms with van der Waals surface area (Å²) in [4.78, 5) is 12.2. The zero-order valence-corrected chi connectivity index (χ0v) is 19.4. The molecule has 1 aliphatic rings. The summed E-state index contributed by atoms with van der Waals surface area (Å²) in [6.07, 6.45) is 12.1. The fourth-order valence-electron chi connectivity index (χ4n) is 4.73. The first-order valence-corrected chi connectivity index (χ1v) is 12.0. The monoisotopic (exact) mass is 446 g/mol. The van der Waals surface area contributed by atoms with Crippen molar-refractivity contribution in [3.05, 3.63) is 47.5 Å². The van der Waals surface area contributed by atoms with Crippen molar-refractivity contribution in [3.8, 4) is 11.5 Å². The average molecular weight is 447 g/mol. The molecule has 0 saturated carbocycles. The van der Waals surface area contributed by atoms with Crippen LogP contribution in [0.2, 0.25) is 0 Å². The van der Waals surface area contributed by atoms with Crippen LogP contribution in [0.15, 0.2) is 37.1 Å². The fraction of sp³-hybridized carbons (Fsp3) is 0.435. The molecule has 5 aromatic rings. The maximum Gasteiger partial charge on any atom is 0.202 e. The summed E-state index contributed by atoms with van der Waals surface area (Å²) in [6.45, 7) is 7.67. The minimum absolute atomic E-state index is 0.369. The van der Waals surface area contributed by atoms with Crippen LogP contribution < -0.4 is 0 Å². The highest BCUT2D eigenvalue weighted by molar-refractivity contribution is 7.19. The standard InChI is InChI=1S/C23H26N8S/c1-4-23(2,3)15-6-7-16-18(12-15)32-22-19(16)21-26-20(28-31(21)13-24-22)17-8-11-30(27-17)14-29-10-5-9-25-29/h5,8-11,13,15H,4,6-7,12,14H2,1-3H3. The van der Waals surface area contributed by atoms with E-state index in [0.717, 1.165) is 34.9 Å². The zero-order valence-electron chi connectivity index (χ0n) is 18.6. The molecule has 1 unspecified atom stereocenters. The topological polar surface area (TPSA) is 78.7 Å². The highest BCUT2D eigenvalue weighted by atomic mass is 32.1. The number of rotatable bonds is 5. The van der Waals surface area contributed by atoms with Gasteiger partial charge in [0.05, 0.1) is 5.39 Å². The largest absolute Gasteiger partial charge is 0.251 e. The lowest BCUT2D eigenvalue weighted by molar-refractivity contribution is 0.184. The van der Waals surface area contributed by atoms with Gasteiger partial charge in [-0.25, -0.2) is 14.5 Å². The quantitative estimate of drug-likeness (QED) is 0.399. The van der Waals surface area contributed by atoms with Crippen molar-refractivity contribution in [1.82, 2.24) is 39.1 Å².